The topological polar surface area (TPSA) is 89.2 Å². The van der Waals surface area contributed by atoms with Crippen LogP contribution < -0.4 is 4.74 Å². The lowest BCUT2D eigenvalue weighted by Crippen LogP contribution is -2.33. The molecule has 0 radical (unpaired) electrons. The average molecular weight is 498 g/mol. The van der Waals surface area contributed by atoms with Gasteiger partial charge >= 0.3 is 0 Å². The third-order valence-corrected chi connectivity index (χ3v) is 6.46. The second-order valence-corrected chi connectivity index (χ2v) is 8.98. The number of furan rings is 1. The van der Waals surface area contributed by atoms with Gasteiger partial charge in [0.2, 0.25) is 5.78 Å². The van der Waals surface area contributed by atoms with E-state index >= 15 is 0 Å². The maximum Gasteiger partial charge on any atom is 0.290 e. The number of benzene rings is 3. The van der Waals surface area contributed by atoms with Crippen LogP contribution in [0.1, 0.15) is 33.3 Å². The summed E-state index contributed by atoms with van der Waals surface area (Å²) in [7, 11) is 1.53. The minimum Gasteiger partial charge on any atom is -0.503 e. The number of hydrogen-bond donors (Lipinski definition) is 1. The van der Waals surface area contributed by atoms with Crippen molar-refractivity contribution in [3.05, 3.63) is 113 Å². The summed E-state index contributed by atoms with van der Waals surface area (Å²) in [6.45, 7) is 2.90. The quantitative estimate of drug-likeness (QED) is 0.305. The van der Waals surface area contributed by atoms with E-state index in [1.54, 1.807) is 36.4 Å². The van der Waals surface area contributed by atoms with Gasteiger partial charge in [-0.05, 0) is 42.3 Å². The van der Waals surface area contributed by atoms with E-state index in [1.807, 2.05) is 49.4 Å². The zero-order valence-corrected chi connectivity index (χ0v) is 20.6. The van der Waals surface area contributed by atoms with Crippen LogP contribution in [0, 0.1) is 6.92 Å². The number of amides is 1. The van der Waals surface area contributed by atoms with Gasteiger partial charge in [0, 0.05) is 19.0 Å². The van der Waals surface area contributed by atoms with Gasteiger partial charge in [0.1, 0.15) is 17.9 Å². The number of aliphatic hydroxyl groups excluding tert-OH is 1. The van der Waals surface area contributed by atoms with E-state index in [1.165, 1.54) is 17.6 Å². The Bertz CT molecular complexity index is 1430. The molecule has 0 saturated carbocycles. The van der Waals surface area contributed by atoms with Crippen LogP contribution in [0.4, 0.5) is 0 Å². The van der Waals surface area contributed by atoms with Crippen molar-refractivity contribution in [2.75, 3.05) is 20.3 Å². The van der Waals surface area contributed by atoms with E-state index in [0.29, 0.717) is 23.5 Å². The number of nitrogens with zero attached hydrogens (tertiary/aromatic N) is 1. The Kier molecular flexibility index (Phi) is 6.79. The lowest BCUT2D eigenvalue weighted by atomic mass is 9.95. The second-order valence-electron chi connectivity index (χ2n) is 8.98. The summed E-state index contributed by atoms with van der Waals surface area (Å²) < 4.78 is 16.8. The molecular formula is C30H27NO6. The van der Waals surface area contributed by atoms with Gasteiger partial charge in [0.15, 0.2) is 11.5 Å². The van der Waals surface area contributed by atoms with Crippen molar-refractivity contribution in [3.63, 3.8) is 0 Å². The van der Waals surface area contributed by atoms with Gasteiger partial charge < -0.3 is 23.9 Å². The van der Waals surface area contributed by atoms with Gasteiger partial charge in [-0.3, -0.25) is 9.59 Å². The fourth-order valence-electron chi connectivity index (χ4n) is 4.48. The molecule has 3 aromatic carbocycles. The molecule has 1 amide bonds. The number of fused-ring (bicyclic) bond motifs is 1. The highest BCUT2D eigenvalue weighted by molar-refractivity contribution is 6.16. The first kappa shape index (κ1) is 24.3. The number of aryl methyl sites for hydroxylation is 1. The van der Waals surface area contributed by atoms with Crippen LogP contribution in [0.5, 0.6) is 5.75 Å². The van der Waals surface area contributed by atoms with Gasteiger partial charge in [-0.15, -0.1) is 0 Å². The predicted molar refractivity (Wildman–Crippen MR) is 138 cm³/mol. The molecule has 1 N–H and O–H groups in total. The molecule has 37 heavy (non-hydrogen) atoms. The van der Waals surface area contributed by atoms with Gasteiger partial charge in [-0.25, -0.2) is 0 Å². The molecule has 1 atom stereocenters. The Hall–Kier alpha value is -4.36. The Morgan fingerprint density at radius 2 is 1.76 bits per heavy atom. The van der Waals surface area contributed by atoms with Crippen LogP contribution in [-0.4, -0.2) is 42.0 Å². The highest BCUT2D eigenvalue weighted by atomic mass is 16.5. The SMILES string of the molecule is COCCN1C(=O)C(O)=C(C(=O)c2cc3ccccc3o2)C1c1ccc(OCc2ccc(C)cc2)cc1. The number of carbonyl (C=O) groups excluding carboxylic acids is 2. The van der Waals surface area contributed by atoms with Crippen molar-refractivity contribution in [1.29, 1.82) is 0 Å². The third-order valence-electron chi connectivity index (χ3n) is 6.46. The van der Waals surface area contributed by atoms with E-state index in [2.05, 4.69) is 0 Å². The van der Waals surface area contributed by atoms with E-state index in [0.717, 1.165) is 10.9 Å². The standard InChI is InChI=1S/C30H27NO6/c1-19-7-9-20(10-8-19)18-36-23-13-11-21(12-14-23)27-26(29(33)30(34)31(27)15-16-35-2)28(32)25-17-22-5-3-4-6-24(22)37-25/h3-14,17,27,33H,15-16,18H2,1-2H3. The lowest BCUT2D eigenvalue weighted by molar-refractivity contribution is -0.130. The molecular weight excluding hydrogens is 470 g/mol. The number of aliphatic hydroxyl groups is 1. The summed E-state index contributed by atoms with van der Waals surface area (Å²) in [5.74, 6) is -1.03. The van der Waals surface area contributed by atoms with Gasteiger partial charge in [-0.2, -0.15) is 0 Å². The fourth-order valence-corrected chi connectivity index (χ4v) is 4.48. The Morgan fingerprint density at radius 1 is 1.03 bits per heavy atom. The Labute approximate surface area is 214 Å². The van der Waals surface area contributed by atoms with Crippen molar-refractivity contribution in [2.24, 2.45) is 0 Å². The van der Waals surface area contributed by atoms with E-state index in [4.69, 9.17) is 13.9 Å². The van der Waals surface area contributed by atoms with E-state index < -0.39 is 23.5 Å². The summed E-state index contributed by atoms with van der Waals surface area (Å²) in [5, 5.41) is 11.6. The molecule has 7 heteroatoms. The number of hydrogen-bond acceptors (Lipinski definition) is 6. The zero-order valence-electron chi connectivity index (χ0n) is 20.6. The molecule has 1 aliphatic heterocycles. The number of Topliss-reactive ketones (excluding diaryl/α,β-unsaturated/α-hetero) is 1. The van der Waals surface area contributed by atoms with Crippen LogP contribution in [0.15, 0.2) is 94.6 Å². The number of para-hydroxylation sites is 1. The van der Waals surface area contributed by atoms with Crippen molar-refractivity contribution >= 4 is 22.7 Å². The Morgan fingerprint density at radius 3 is 2.46 bits per heavy atom. The molecule has 1 aromatic heterocycles. The molecule has 4 aromatic rings. The highest BCUT2D eigenvalue weighted by Crippen LogP contribution is 2.40. The van der Waals surface area contributed by atoms with E-state index in [9.17, 15) is 14.7 Å². The smallest absolute Gasteiger partial charge is 0.290 e. The van der Waals surface area contributed by atoms with Crippen molar-refractivity contribution < 1.29 is 28.6 Å². The molecule has 0 spiro atoms. The second kappa shape index (κ2) is 10.3. The normalized spacial score (nSPS) is 15.6. The number of methoxy groups -OCH3 is 1. The number of ketones is 1. The zero-order chi connectivity index (χ0) is 25.9. The molecule has 5 rings (SSSR count). The number of ether oxygens (including phenoxy) is 2. The lowest BCUT2D eigenvalue weighted by Gasteiger charge is -2.26. The van der Waals surface area contributed by atoms with Crippen LogP contribution in [0.2, 0.25) is 0 Å². The van der Waals surface area contributed by atoms with Gasteiger partial charge in [0.25, 0.3) is 5.91 Å². The number of carbonyl (C=O) groups is 2. The summed E-state index contributed by atoms with van der Waals surface area (Å²) >= 11 is 0. The largest absolute Gasteiger partial charge is 0.503 e. The summed E-state index contributed by atoms with van der Waals surface area (Å²) in [6.07, 6.45) is 0. The summed E-state index contributed by atoms with van der Waals surface area (Å²) in [6, 6.07) is 23.4. The maximum absolute atomic E-state index is 13.6. The molecule has 0 aliphatic carbocycles. The first-order chi connectivity index (χ1) is 18.0. The number of rotatable bonds is 9. The minimum absolute atomic E-state index is 0.0199. The van der Waals surface area contributed by atoms with Crippen molar-refractivity contribution in [3.8, 4) is 5.75 Å². The van der Waals surface area contributed by atoms with Gasteiger partial charge in [0.05, 0.1) is 18.2 Å². The molecule has 1 unspecified atom stereocenters. The molecule has 7 nitrogen and oxygen atoms in total. The summed E-state index contributed by atoms with van der Waals surface area (Å²) in [5.41, 5.74) is 3.43. The fraction of sp³-hybridized carbons (Fsp3) is 0.200. The van der Waals surface area contributed by atoms with Crippen LogP contribution >= 0.6 is 0 Å². The minimum atomic E-state index is -0.797. The monoisotopic (exact) mass is 497 g/mol. The van der Waals surface area contributed by atoms with Crippen molar-refractivity contribution in [1.82, 2.24) is 4.90 Å². The van der Waals surface area contributed by atoms with Crippen molar-refractivity contribution in [2.45, 2.75) is 19.6 Å². The highest BCUT2D eigenvalue weighted by Gasteiger charge is 2.44. The van der Waals surface area contributed by atoms with Crippen LogP contribution in [-0.2, 0) is 16.1 Å². The molecule has 0 bridgehead atoms. The van der Waals surface area contributed by atoms with Crippen LogP contribution in [0.3, 0.4) is 0 Å². The summed E-state index contributed by atoms with van der Waals surface area (Å²) in [4.78, 5) is 28.0. The average Bonchev–Trinajstić information content (AvgIpc) is 3.46. The van der Waals surface area contributed by atoms with Crippen LogP contribution in [0.25, 0.3) is 11.0 Å². The molecule has 0 saturated heterocycles. The first-order valence-electron chi connectivity index (χ1n) is 12.0. The molecule has 188 valence electrons. The third kappa shape index (κ3) is 4.86. The van der Waals surface area contributed by atoms with Gasteiger partial charge in [-0.1, -0.05) is 60.2 Å². The first-order valence-corrected chi connectivity index (χ1v) is 12.0. The molecule has 0 fully saturated rings. The Balaban J connectivity index is 1.44. The molecule has 2 heterocycles. The van der Waals surface area contributed by atoms with E-state index in [-0.39, 0.29) is 24.5 Å². The molecule has 1 aliphatic rings. The predicted octanol–water partition coefficient (Wildman–Crippen LogP) is 5.54. The maximum atomic E-state index is 13.6.